The normalized spacial score (nSPS) is 22.4. The van der Waals surface area contributed by atoms with Crippen LogP contribution in [0.1, 0.15) is 19.3 Å². The van der Waals surface area contributed by atoms with Crippen LogP contribution in [0.3, 0.4) is 0 Å². The van der Waals surface area contributed by atoms with Crippen molar-refractivity contribution in [2.45, 2.75) is 25.5 Å². The van der Waals surface area contributed by atoms with Crippen molar-refractivity contribution < 1.29 is 5.11 Å². The minimum atomic E-state index is -0.470. The van der Waals surface area contributed by atoms with Crippen LogP contribution < -0.4 is 4.90 Å². The first-order valence-electron chi connectivity index (χ1n) is 4.70. The fraction of sp³-hybridized carbons (Fsp3) is 0.556. The molecule has 1 saturated heterocycles. The van der Waals surface area contributed by atoms with Gasteiger partial charge in [-0.2, -0.15) is 0 Å². The van der Waals surface area contributed by atoms with Crippen LogP contribution in [0.5, 0.6) is 0 Å². The van der Waals surface area contributed by atoms with Crippen molar-refractivity contribution in [2.75, 3.05) is 11.4 Å². The third kappa shape index (κ3) is 1.96. The summed E-state index contributed by atoms with van der Waals surface area (Å²) in [5.41, 5.74) is 0. The van der Waals surface area contributed by atoms with Crippen molar-refractivity contribution in [3.63, 3.8) is 0 Å². The third-order valence-electron chi connectivity index (χ3n) is 2.34. The Bertz CT molecular complexity index is 321. The molecule has 0 radical (unpaired) electrons. The summed E-state index contributed by atoms with van der Waals surface area (Å²) in [7, 11) is 0. The highest BCUT2D eigenvalue weighted by atomic mass is 35.5. The number of anilines is 1. The minimum Gasteiger partial charge on any atom is -0.374 e. The summed E-state index contributed by atoms with van der Waals surface area (Å²) in [5.74, 6) is 0.518. The van der Waals surface area contributed by atoms with Crippen LogP contribution in [0, 0.1) is 0 Å². The molecule has 0 amide bonds. The lowest BCUT2D eigenvalue weighted by Gasteiger charge is -2.31. The number of halogens is 1. The van der Waals surface area contributed by atoms with E-state index in [9.17, 15) is 5.11 Å². The Hall–Kier alpha value is -0.870. The monoisotopic (exact) mass is 213 g/mol. The molecule has 0 aliphatic carbocycles. The van der Waals surface area contributed by atoms with Crippen LogP contribution in [0.2, 0.25) is 5.15 Å². The van der Waals surface area contributed by atoms with Crippen molar-refractivity contribution in [3.8, 4) is 0 Å². The molecular weight excluding hydrogens is 202 g/mol. The van der Waals surface area contributed by atoms with Gasteiger partial charge in [0.2, 0.25) is 5.95 Å². The van der Waals surface area contributed by atoms with Gasteiger partial charge in [0.1, 0.15) is 11.4 Å². The van der Waals surface area contributed by atoms with Crippen LogP contribution in [-0.4, -0.2) is 27.8 Å². The number of hydrogen-bond donors (Lipinski definition) is 1. The number of rotatable bonds is 1. The maximum atomic E-state index is 9.72. The van der Waals surface area contributed by atoms with Gasteiger partial charge < -0.3 is 10.0 Å². The van der Waals surface area contributed by atoms with Gasteiger partial charge in [0.05, 0.1) is 0 Å². The van der Waals surface area contributed by atoms with Crippen LogP contribution in [-0.2, 0) is 0 Å². The van der Waals surface area contributed by atoms with E-state index in [2.05, 4.69) is 9.97 Å². The van der Waals surface area contributed by atoms with Gasteiger partial charge in [0, 0.05) is 12.7 Å². The maximum absolute atomic E-state index is 9.72. The molecule has 4 nitrogen and oxygen atoms in total. The standard InChI is InChI=1S/C9H12ClN3O/c10-7-4-5-11-9(12-7)13-6-2-1-3-8(13)14/h4-5,8,14H,1-3,6H2. The molecule has 0 aromatic carbocycles. The molecule has 0 spiro atoms. The molecule has 1 fully saturated rings. The Balaban J connectivity index is 2.20. The second kappa shape index (κ2) is 4.11. The van der Waals surface area contributed by atoms with Crippen LogP contribution in [0.25, 0.3) is 0 Å². The molecule has 5 heteroatoms. The third-order valence-corrected chi connectivity index (χ3v) is 2.55. The zero-order valence-electron chi connectivity index (χ0n) is 7.73. The summed E-state index contributed by atoms with van der Waals surface area (Å²) in [6.45, 7) is 0.793. The molecule has 2 rings (SSSR count). The summed E-state index contributed by atoms with van der Waals surface area (Å²) < 4.78 is 0. The predicted octanol–water partition coefficient (Wildman–Crippen LogP) is 1.44. The van der Waals surface area contributed by atoms with Crippen LogP contribution in [0.4, 0.5) is 5.95 Å². The number of aromatic nitrogens is 2. The second-order valence-corrected chi connectivity index (χ2v) is 3.74. The van der Waals surface area contributed by atoms with E-state index in [0.29, 0.717) is 11.1 Å². The van der Waals surface area contributed by atoms with E-state index in [1.807, 2.05) is 0 Å². The first-order valence-corrected chi connectivity index (χ1v) is 5.08. The SMILES string of the molecule is OC1CCCCN1c1nccc(Cl)n1. The van der Waals surface area contributed by atoms with Gasteiger partial charge in [-0.1, -0.05) is 11.6 Å². The molecule has 0 bridgehead atoms. The predicted molar refractivity (Wildman–Crippen MR) is 54.2 cm³/mol. The summed E-state index contributed by atoms with van der Waals surface area (Å²) in [5, 5.41) is 10.1. The number of hydrogen-bond acceptors (Lipinski definition) is 4. The Kier molecular flexibility index (Phi) is 2.84. The molecule has 14 heavy (non-hydrogen) atoms. The van der Waals surface area contributed by atoms with E-state index < -0.39 is 6.23 Å². The topological polar surface area (TPSA) is 49.2 Å². The fourth-order valence-electron chi connectivity index (χ4n) is 1.61. The Morgan fingerprint density at radius 2 is 2.36 bits per heavy atom. The molecule has 0 saturated carbocycles. The first-order chi connectivity index (χ1) is 6.77. The Morgan fingerprint density at radius 3 is 3.07 bits per heavy atom. The van der Waals surface area contributed by atoms with Crippen molar-refractivity contribution in [1.29, 1.82) is 0 Å². The highest BCUT2D eigenvalue weighted by Gasteiger charge is 2.22. The van der Waals surface area contributed by atoms with Gasteiger partial charge in [-0.25, -0.2) is 9.97 Å². The lowest BCUT2D eigenvalue weighted by Crippen LogP contribution is -2.40. The molecule has 1 aromatic heterocycles. The molecule has 1 aliphatic rings. The molecule has 76 valence electrons. The second-order valence-electron chi connectivity index (χ2n) is 3.35. The summed E-state index contributed by atoms with van der Waals surface area (Å²) >= 11 is 5.75. The lowest BCUT2D eigenvalue weighted by atomic mass is 10.1. The molecule has 1 N–H and O–H groups in total. The van der Waals surface area contributed by atoms with Gasteiger partial charge in [-0.15, -0.1) is 0 Å². The highest BCUT2D eigenvalue weighted by molar-refractivity contribution is 6.29. The minimum absolute atomic E-state index is 0.410. The fourth-order valence-corrected chi connectivity index (χ4v) is 1.74. The van der Waals surface area contributed by atoms with Gasteiger partial charge in [0.15, 0.2) is 0 Å². The quantitative estimate of drug-likeness (QED) is 0.718. The number of nitrogens with zero attached hydrogens (tertiary/aromatic N) is 3. The Labute approximate surface area is 87.5 Å². The van der Waals surface area contributed by atoms with E-state index >= 15 is 0 Å². The van der Waals surface area contributed by atoms with E-state index in [1.54, 1.807) is 17.2 Å². The molecular formula is C9H12ClN3O. The van der Waals surface area contributed by atoms with Crippen molar-refractivity contribution in [2.24, 2.45) is 0 Å². The van der Waals surface area contributed by atoms with Crippen LogP contribution >= 0.6 is 11.6 Å². The average Bonchev–Trinajstić information content (AvgIpc) is 2.18. The highest BCUT2D eigenvalue weighted by Crippen LogP contribution is 2.20. The summed E-state index contributed by atoms with van der Waals surface area (Å²) in [4.78, 5) is 9.94. The molecule has 1 atom stereocenters. The first kappa shape index (κ1) is 9.68. The zero-order chi connectivity index (χ0) is 9.97. The summed E-state index contributed by atoms with van der Waals surface area (Å²) in [6, 6.07) is 1.63. The van der Waals surface area contributed by atoms with E-state index in [1.165, 1.54) is 0 Å². The number of piperidine rings is 1. The van der Waals surface area contributed by atoms with Crippen LogP contribution in [0.15, 0.2) is 12.3 Å². The van der Waals surface area contributed by atoms with Gasteiger partial charge >= 0.3 is 0 Å². The van der Waals surface area contributed by atoms with E-state index in [-0.39, 0.29) is 0 Å². The summed E-state index contributed by atoms with van der Waals surface area (Å²) in [6.07, 6.45) is 4.02. The van der Waals surface area contributed by atoms with E-state index in [4.69, 9.17) is 11.6 Å². The lowest BCUT2D eigenvalue weighted by molar-refractivity contribution is 0.138. The van der Waals surface area contributed by atoms with Gasteiger partial charge in [0.25, 0.3) is 0 Å². The van der Waals surface area contributed by atoms with Gasteiger partial charge in [-0.3, -0.25) is 0 Å². The smallest absolute Gasteiger partial charge is 0.228 e. The largest absolute Gasteiger partial charge is 0.374 e. The molecule has 1 aliphatic heterocycles. The zero-order valence-corrected chi connectivity index (χ0v) is 8.48. The van der Waals surface area contributed by atoms with Gasteiger partial charge in [-0.05, 0) is 25.3 Å². The van der Waals surface area contributed by atoms with Crippen molar-refractivity contribution in [3.05, 3.63) is 17.4 Å². The number of aliphatic hydroxyl groups is 1. The van der Waals surface area contributed by atoms with Crippen molar-refractivity contribution in [1.82, 2.24) is 9.97 Å². The number of aliphatic hydroxyl groups excluding tert-OH is 1. The van der Waals surface area contributed by atoms with E-state index in [0.717, 1.165) is 25.8 Å². The molecule has 2 heterocycles. The van der Waals surface area contributed by atoms with Crippen molar-refractivity contribution >= 4 is 17.5 Å². The average molecular weight is 214 g/mol. The maximum Gasteiger partial charge on any atom is 0.228 e. The Morgan fingerprint density at radius 1 is 1.50 bits per heavy atom. The molecule has 1 aromatic rings. The molecule has 1 unspecified atom stereocenters.